The molecule has 2 fully saturated rings. The Morgan fingerprint density at radius 3 is 2.94 bits per heavy atom. The van der Waals surface area contributed by atoms with Crippen LogP contribution in [-0.2, 0) is 16.0 Å². The second kappa shape index (κ2) is 9.00. The molecule has 8 heteroatoms. The van der Waals surface area contributed by atoms with Crippen molar-refractivity contribution in [3.05, 3.63) is 22.7 Å². The van der Waals surface area contributed by atoms with Crippen LogP contribution < -0.4 is 10.5 Å². The number of halogens is 1. The maximum Gasteiger partial charge on any atom is 0.218 e. The highest BCUT2D eigenvalue weighted by atomic mass is 32.1. The molecule has 3 aliphatic rings. The van der Waals surface area contributed by atoms with Crippen molar-refractivity contribution in [3.8, 4) is 5.75 Å². The number of carbonyl (C=O) groups is 1. The number of fused-ring (bicyclic) bond motifs is 3. The number of aromatic nitrogens is 1. The van der Waals surface area contributed by atoms with E-state index in [0.717, 1.165) is 61.0 Å². The number of primary amides is 1. The SMILES string of the molecule is NC(=O)C[C@H]1CCc2sc3nccc(O[C@H]4CC[C@H](N5CCO[C@@H](CF)C5)CC4)c3c21. The first-order valence-electron chi connectivity index (χ1n) is 11.4. The molecule has 6 nitrogen and oxygen atoms in total. The third kappa shape index (κ3) is 4.30. The maximum atomic E-state index is 13.0. The van der Waals surface area contributed by atoms with Crippen molar-refractivity contribution in [1.82, 2.24) is 9.88 Å². The van der Waals surface area contributed by atoms with E-state index in [1.807, 2.05) is 12.3 Å². The monoisotopic (exact) mass is 447 g/mol. The largest absolute Gasteiger partial charge is 0.490 e. The fraction of sp³-hybridized carbons (Fsp3) is 0.652. The molecule has 3 heterocycles. The summed E-state index contributed by atoms with van der Waals surface area (Å²) in [6, 6.07) is 2.45. The molecule has 2 aromatic heterocycles. The van der Waals surface area contributed by atoms with Crippen molar-refractivity contribution in [2.24, 2.45) is 5.73 Å². The number of nitrogens with two attached hydrogens (primary N) is 1. The van der Waals surface area contributed by atoms with Gasteiger partial charge in [-0.3, -0.25) is 9.69 Å². The molecule has 31 heavy (non-hydrogen) atoms. The number of rotatable bonds is 6. The molecule has 0 spiro atoms. The van der Waals surface area contributed by atoms with Crippen LogP contribution in [0.2, 0.25) is 0 Å². The zero-order valence-corrected chi connectivity index (χ0v) is 18.5. The molecule has 1 saturated heterocycles. The van der Waals surface area contributed by atoms with Gasteiger partial charge in [-0.25, -0.2) is 9.37 Å². The lowest BCUT2D eigenvalue weighted by Crippen LogP contribution is -2.50. The van der Waals surface area contributed by atoms with Crippen LogP contribution in [0.25, 0.3) is 10.2 Å². The number of aryl methyl sites for hydroxylation is 1. The van der Waals surface area contributed by atoms with Crippen LogP contribution in [0, 0.1) is 0 Å². The predicted octanol–water partition coefficient (Wildman–Crippen LogP) is 3.56. The van der Waals surface area contributed by atoms with Crippen LogP contribution in [0.1, 0.15) is 54.9 Å². The summed E-state index contributed by atoms with van der Waals surface area (Å²) < 4.78 is 25.0. The minimum atomic E-state index is -0.408. The number of ether oxygens (including phenoxy) is 2. The number of morpholine rings is 1. The number of thiophene rings is 1. The zero-order valence-electron chi connectivity index (χ0n) is 17.7. The fourth-order valence-corrected chi connectivity index (χ4v) is 6.81. The van der Waals surface area contributed by atoms with Crippen LogP contribution in [0.15, 0.2) is 12.3 Å². The molecule has 2 atom stereocenters. The number of nitrogens with zero attached hydrogens (tertiary/aromatic N) is 2. The average molecular weight is 448 g/mol. The van der Waals surface area contributed by atoms with Crippen LogP contribution in [-0.4, -0.2) is 60.4 Å². The molecule has 0 radical (unpaired) electrons. The summed E-state index contributed by atoms with van der Waals surface area (Å²) in [6.45, 7) is 1.80. The van der Waals surface area contributed by atoms with Gasteiger partial charge >= 0.3 is 0 Å². The molecule has 2 aromatic rings. The van der Waals surface area contributed by atoms with Crippen molar-refractivity contribution in [3.63, 3.8) is 0 Å². The fourth-order valence-electron chi connectivity index (χ4n) is 5.55. The molecule has 0 bridgehead atoms. The lowest BCUT2D eigenvalue weighted by Gasteiger charge is -2.40. The highest BCUT2D eigenvalue weighted by Crippen LogP contribution is 2.48. The predicted molar refractivity (Wildman–Crippen MR) is 118 cm³/mol. The molecule has 5 rings (SSSR count). The first kappa shape index (κ1) is 21.1. The van der Waals surface area contributed by atoms with E-state index in [2.05, 4.69) is 9.88 Å². The number of pyridine rings is 1. The van der Waals surface area contributed by atoms with Crippen molar-refractivity contribution < 1.29 is 18.7 Å². The second-order valence-corrected chi connectivity index (χ2v) is 10.1. The van der Waals surface area contributed by atoms with Gasteiger partial charge in [-0.1, -0.05) is 0 Å². The zero-order chi connectivity index (χ0) is 21.4. The highest BCUT2D eigenvalue weighted by molar-refractivity contribution is 7.19. The van der Waals surface area contributed by atoms with Gasteiger partial charge in [-0.05, 0) is 56.1 Å². The van der Waals surface area contributed by atoms with Gasteiger partial charge in [0.15, 0.2) is 0 Å². The Morgan fingerprint density at radius 1 is 1.32 bits per heavy atom. The van der Waals surface area contributed by atoms with Crippen molar-refractivity contribution in [2.45, 2.75) is 69.1 Å². The van der Waals surface area contributed by atoms with Crippen molar-refractivity contribution in [2.75, 3.05) is 26.4 Å². The Bertz CT molecular complexity index is 944. The first-order chi connectivity index (χ1) is 15.1. The van der Waals surface area contributed by atoms with Gasteiger partial charge < -0.3 is 15.2 Å². The smallest absolute Gasteiger partial charge is 0.218 e. The van der Waals surface area contributed by atoms with E-state index in [0.29, 0.717) is 25.6 Å². The molecule has 168 valence electrons. The van der Waals surface area contributed by atoms with Crippen molar-refractivity contribution >= 4 is 27.5 Å². The molecular formula is C23H30FN3O3S. The van der Waals surface area contributed by atoms with Crippen molar-refractivity contribution in [1.29, 1.82) is 0 Å². The average Bonchev–Trinajstić information content (AvgIpc) is 3.34. The number of hydrogen-bond acceptors (Lipinski definition) is 6. The van der Waals surface area contributed by atoms with Crippen LogP contribution >= 0.6 is 11.3 Å². The Hall–Kier alpha value is -1.77. The molecule has 1 aliphatic heterocycles. The van der Waals surface area contributed by atoms with Gasteiger partial charge in [0.2, 0.25) is 5.91 Å². The van der Waals surface area contributed by atoms with E-state index in [4.69, 9.17) is 15.2 Å². The second-order valence-electron chi connectivity index (χ2n) is 9.02. The normalized spacial score (nSPS) is 29.2. The summed E-state index contributed by atoms with van der Waals surface area (Å²) in [5, 5.41) is 1.09. The van der Waals surface area contributed by atoms with E-state index in [1.54, 1.807) is 11.3 Å². The Labute approximate surface area is 185 Å². The molecule has 2 N–H and O–H groups in total. The maximum absolute atomic E-state index is 13.0. The van der Waals surface area contributed by atoms with Crippen LogP contribution in [0.3, 0.4) is 0 Å². The lowest BCUT2D eigenvalue weighted by atomic mass is 9.91. The minimum Gasteiger partial charge on any atom is -0.490 e. The number of carbonyl (C=O) groups excluding carboxylic acids is 1. The topological polar surface area (TPSA) is 77.7 Å². The molecule has 0 aromatic carbocycles. The summed E-state index contributed by atoms with van der Waals surface area (Å²) in [6.07, 6.45) is 8.16. The summed E-state index contributed by atoms with van der Waals surface area (Å²) >= 11 is 1.72. The minimum absolute atomic E-state index is 0.173. The summed E-state index contributed by atoms with van der Waals surface area (Å²) in [4.78, 5) is 20.9. The quantitative estimate of drug-likeness (QED) is 0.733. The molecule has 1 saturated carbocycles. The Morgan fingerprint density at radius 2 is 2.16 bits per heavy atom. The molecule has 1 amide bonds. The standard InChI is InChI=1S/C23H30FN3O3S/c24-12-17-13-27(9-10-29-17)15-2-4-16(5-3-15)30-18-7-8-26-23-22(18)21-14(11-20(25)28)1-6-19(21)31-23/h7-8,14-17H,1-6,9-13H2,(H2,25,28)/t14-,15-,16-,17+/m1/s1. The molecular weight excluding hydrogens is 417 g/mol. The van der Waals surface area contributed by atoms with Crippen LogP contribution in [0.4, 0.5) is 4.39 Å². The van der Waals surface area contributed by atoms with E-state index in [9.17, 15) is 9.18 Å². The number of amides is 1. The molecule has 0 unspecified atom stereocenters. The number of hydrogen-bond donors (Lipinski definition) is 1. The summed E-state index contributed by atoms with van der Waals surface area (Å²) in [7, 11) is 0. The van der Waals surface area contributed by atoms with Gasteiger partial charge in [0, 0.05) is 36.6 Å². The van der Waals surface area contributed by atoms with E-state index >= 15 is 0 Å². The summed E-state index contributed by atoms with van der Waals surface area (Å²) in [5.74, 6) is 0.819. The highest BCUT2D eigenvalue weighted by Gasteiger charge is 2.33. The van der Waals surface area contributed by atoms with E-state index in [1.165, 1.54) is 10.4 Å². The third-order valence-electron chi connectivity index (χ3n) is 7.04. The van der Waals surface area contributed by atoms with Gasteiger partial charge in [-0.15, -0.1) is 11.3 Å². The molecule has 2 aliphatic carbocycles. The third-order valence-corrected chi connectivity index (χ3v) is 8.21. The van der Waals surface area contributed by atoms with Gasteiger partial charge in [-0.2, -0.15) is 0 Å². The summed E-state index contributed by atoms with van der Waals surface area (Å²) in [5.41, 5.74) is 6.74. The van der Waals surface area contributed by atoms with Gasteiger partial charge in [0.05, 0.1) is 24.2 Å². The van der Waals surface area contributed by atoms with Crippen LogP contribution in [0.5, 0.6) is 5.75 Å². The Balaban J connectivity index is 1.28. The van der Waals surface area contributed by atoms with E-state index < -0.39 is 6.67 Å². The lowest BCUT2D eigenvalue weighted by molar-refractivity contribution is -0.118. The first-order valence-corrected chi connectivity index (χ1v) is 12.2. The van der Waals surface area contributed by atoms with Gasteiger partial charge in [0.1, 0.15) is 17.3 Å². The van der Waals surface area contributed by atoms with E-state index in [-0.39, 0.29) is 24.0 Å². The van der Waals surface area contributed by atoms with Gasteiger partial charge in [0.25, 0.3) is 0 Å². The Kier molecular flexibility index (Phi) is 6.12. The number of alkyl halides is 1.